The van der Waals surface area contributed by atoms with Crippen molar-refractivity contribution in [1.29, 1.82) is 0 Å². The van der Waals surface area contributed by atoms with Crippen LogP contribution < -0.4 is 10.5 Å². The van der Waals surface area contributed by atoms with Crippen LogP contribution in [0.5, 0.6) is 5.75 Å². The van der Waals surface area contributed by atoms with Crippen LogP contribution in [0.15, 0.2) is 24.3 Å². The van der Waals surface area contributed by atoms with Gasteiger partial charge in [0.1, 0.15) is 5.75 Å². The SMILES string of the molecule is CN(CCCCCO)C(=O)COc1ccc(CN)cc1. The fourth-order valence-electron chi connectivity index (χ4n) is 1.74. The van der Waals surface area contributed by atoms with Gasteiger partial charge in [-0.1, -0.05) is 12.1 Å². The van der Waals surface area contributed by atoms with Gasteiger partial charge in [0.05, 0.1) is 0 Å². The highest BCUT2D eigenvalue weighted by Crippen LogP contribution is 2.11. The molecule has 5 heteroatoms. The van der Waals surface area contributed by atoms with Crippen molar-refractivity contribution in [2.24, 2.45) is 5.73 Å². The molecule has 0 saturated carbocycles. The number of benzene rings is 1. The molecule has 0 bridgehead atoms. The number of hydrogen-bond acceptors (Lipinski definition) is 4. The zero-order chi connectivity index (χ0) is 14.8. The largest absolute Gasteiger partial charge is 0.484 e. The summed E-state index contributed by atoms with van der Waals surface area (Å²) in [6.45, 7) is 1.43. The third-order valence-corrected chi connectivity index (χ3v) is 3.10. The molecule has 5 nitrogen and oxygen atoms in total. The molecule has 0 heterocycles. The Balaban J connectivity index is 2.27. The van der Waals surface area contributed by atoms with E-state index in [9.17, 15) is 4.79 Å². The van der Waals surface area contributed by atoms with Crippen LogP contribution in [0.25, 0.3) is 0 Å². The van der Waals surface area contributed by atoms with E-state index in [-0.39, 0.29) is 19.1 Å². The topological polar surface area (TPSA) is 75.8 Å². The van der Waals surface area contributed by atoms with E-state index in [4.69, 9.17) is 15.6 Å². The van der Waals surface area contributed by atoms with Gasteiger partial charge in [-0.25, -0.2) is 0 Å². The van der Waals surface area contributed by atoms with Gasteiger partial charge in [0.25, 0.3) is 5.91 Å². The summed E-state index contributed by atoms with van der Waals surface area (Å²) in [6, 6.07) is 7.41. The lowest BCUT2D eigenvalue weighted by atomic mass is 10.2. The van der Waals surface area contributed by atoms with E-state index in [0.29, 0.717) is 18.8 Å². The molecule has 1 rings (SSSR count). The van der Waals surface area contributed by atoms with E-state index in [0.717, 1.165) is 24.8 Å². The summed E-state index contributed by atoms with van der Waals surface area (Å²) in [6.07, 6.45) is 2.61. The van der Waals surface area contributed by atoms with Gasteiger partial charge < -0.3 is 20.5 Å². The number of ether oxygens (including phenoxy) is 1. The molecule has 1 aromatic carbocycles. The molecule has 0 fully saturated rings. The van der Waals surface area contributed by atoms with Crippen molar-refractivity contribution >= 4 is 5.91 Å². The Hall–Kier alpha value is -1.59. The molecule has 0 spiro atoms. The molecule has 0 aliphatic heterocycles. The van der Waals surface area contributed by atoms with Crippen LogP contribution in [0.2, 0.25) is 0 Å². The van der Waals surface area contributed by atoms with Gasteiger partial charge in [-0.15, -0.1) is 0 Å². The molecule has 112 valence electrons. The summed E-state index contributed by atoms with van der Waals surface area (Å²) in [5.41, 5.74) is 6.54. The first kappa shape index (κ1) is 16.5. The summed E-state index contributed by atoms with van der Waals surface area (Å²) in [5, 5.41) is 8.68. The zero-order valence-corrected chi connectivity index (χ0v) is 12.0. The summed E-state index contributed by atoms with van der Waals surface area (Å²) in [4.78, 5) is 13.5. The van der Waals surface area contributed by atoms with Crippen LogP contribution in [-0.4, -0.2) is 42.7 Å². The fourth-order valence-corrected chi connectivity index (χ4v) is 1.74. The van der Waals surface area contributed by atoms with Crippen molar-refractivity contribution in [3.05, 3.63) is 29.8 Å². The van der Waals surface area contributed by atoms with Crippen molar-refractivity contribution in [2.75, 3.05) is 26.8 Å². The number of carbonyl (C=O) groups is 1. The predicted molar refractivity (Wildman–Crippen MR) is 78.4 cm³/mol. The molecule has 0 aromatic heterocycles. The minimum absolute atomic E-state index is 0.0402. The average Bonchev–Trinajstić information content (AvgIpc) is 2.49. The highest BCUT2D eigenvalue weighted by atomic mass is 16.5. The third kappa shape index (κ3) is 6.04. The van der Waals surface area contributed by atoms with Gasteiger partial charge in [0.2, 0.25) is 0 Å². The smallest absolute Gasteiger partial charge is 0.260 e. The molecule has 0 aliphatic carbocycles. The normalized spacial score (nSPS) is 10.3. The lowest BCUT2D eigenvalue weighted by Crippen LogP contribution is -2.32. The number of hydrogen-bond donors (Lipinski definition) is 2. The van der Waals surface area contributed by atoms with E-state index in [2.05, 4.69) is 0 Å². The molecule has 0 saturated heterocycles. The number of rotatable bonds is 9. The second-order valence-electron chi connectivity index (χ2n) is 4.74. The molecular weight excluding hydrogens is 256 g/mol. The second-order valence-corrected chi connectivity index (χ2v) is 4.74. The molecule has 0 radical (unpaired) electrons. The van der Waals surface area contributed by atoms with Gasteiger partial charge >= 0.3 is 0 Å². The molecular formula is C15H24N2O3. The maximum absolute atomic E-state index is 11.8. The number of aliphatic hydroxyl groups excluding tert-OH is 1. The Labute approximate surface area is 120 Å². The van der Waals surface area contributed by atoms with Crippen molar-refractivity contribution in [3.8, 4) is 5.75 Å². The van der Waals surface area contributed by atoms with Gasteiger partial charge in [-0.3, -0.25) is 4.79 Å². The van der Waals surface area contributed by atoms with E-state index >= 15 is 0 Å². The highest BCUT2D eigenvalue weighted by molar-refractivity contribution is 5.77. The van der Waals surface area contributed by atoms with E-state index in [1.54, 1.807) is 11.9 Å². The van der Waals surface area contributed by atoms with E-state index in [1.165, 1.54) is 0 Å². The van der Waals surface area contributed by atoms with Crippen molar-refractivity contribution < 1.29 is 14.6 Å². The molecule has 0 aliphatic rings. The number of unbranched alkanes of at least 4 members (excludes halogenated alkanes) is 2. The predicted octanol–water partition coefficient (Wildman–Crippen LogP) is 1.15. The Morgan fingerprint density at radius 3 is 2.55 bits per heavy atom. The van der Waals surface area contributed by atoms with Crippen molar-refractivity contribution in [1.82, 2.24) is 4.90 Å². The first-order chi connectivity index (χ1) is 9.67. The summed E-state index contributed by atoms with van der Waals surface area (Å²) >= 11 is 0. The van der Waals surface area contributed by atoms with Gasteiger partial charge in [-0.05, 0) is 37.0 Å². The van der Waals surface area contributed by atoms with Gasteiger partial charge in [0, 0.05) is 26.7 Å². The number of nitrogens with two attached hydrogens (primary N) is 1. The zero-order valence-electron chi connectivity index (χ0n) is 12.0. The van der Waals surface area contributed by atoms with Crippen LogP contribution in [-0.2, 0) is 11.3 Å². The number of likely N-dealkylation sites (N-methyl/N-ethyl adjacent to an activating group) is 1. The van der Waals surface area contributed by atoms with Crippen LogP contribution in [0.4, 0.5) is 0 Å². The monoisotopic (exact) mass is 280 g/mol. The molecule has 0 unspecified atom stereocenters. The van der Waals surface area contributed by atoms with Gasteiger partial charge in [0.15, 0.2) is 6.61 Å². The van der Waals surface area contributed by atoms with E-state index < -0.39 is 0 Å². The Bertz CT molecular complexity index is 393. The van der Waals surface area contributed by atoms with Crippen molar-refractivity contribution in [3.63, 3.8) is 0 Å². The lowest BCUT2D eigenvalue weighted by molar-refractivity contribution is -0.132. The number of nitrogens with zero attached hydrogens (tertiary/aromatic N) is 1. The fraction of sp³-hybridized carbons (Fsp3) is 0.533. The lowest BCUT2D eigenvalue weighted by Gasteiger charge is -2.17. The first-order valence-corrected chi connectivity index (χ1v) is 6.94. The number of aliphatic hydroxyl groups is 1. The Morgan fingerprint density at radius 2 is 1.95 bits per heavy atom. The molecule has 3 N–H and O–H groups in total. The van der Waals surface area contributed by atoms with E-state index in [1.807, 2.05) is 24.3 Å². The molecule has 20 heavy (non-hydrogen) atoms. The Kier molecular flexibility index (Phi) is 7.69. The average molecular weight is 280 g/mol. The minimum atomic E-state index is -0.0445. The second kappa shape index (κ2) is 9.34. The summed E-state index contributed by atoms with van der Waals surface area (Å²) < 4.78 is 5.44. The minimum Gasteiger partial charge on any atom is -0.484 e. The summed E-state index contributed by atoms with van der Waals surface area (Å²) in [7, 11) is 1.77. The third-order valence-electron chi connectivity index (χ3n) is 3.10. The van der Waals surface area contributed by atoms with Crippen LogP contribution in [0.3, 0.4) is 0 Å². The first-order valence-electron chi connectivity index (χ1n) is 6.94. The molecule has 1 amide bonds. The van der Waals surface area contributed by atoms with Crippen molar-refractivity contribution in [2.45, 2.75) is 25.8 Å². The van der Waals surface area contributed by atoms with Crippen LogP contribution in [0, 0.1) is 0 Å². The summed E-state index contributed by atoms with van der Waals surface area (Å²) in [5.74, 6) is 0.626. The standard InChI is InChI=1S/C15H24N2O3/c1-17(9-3-2-4-10-18)15(19)12-20-14-7-5-13(11-16)6-8-14/h5-8,18H,2-4,9-12,16H2,1H3. The quantitative estimate of drug-likeness (QED) is 0.665. The van der Waals surface area contributed by atoms with Crippen LogP contribution in [0.1, 0.15) is 24.8 Å². The number of carbonyl (C=O) groups excluding carboxylic acids is 1. The Morgan fingerprint density at radius 1 is 1.25 bits per heavy atom. The number of amides is 1. The molecule has 0 atom stereocenters. The van der Waals surface area contributed by atoms with Gasteiger partial charge in [-0.2, -0.15) is 0 Å². The van der Waals surface area contributed by atoms with Crippen LogP contribution >= 0.6 is 0 Å². The maximum atomic E-state index is 11.8. The maximum Gasteiger partial charge on any atom is 0.260 e. The highest BCUT2D eigenvalue weighted by Gasteiger charge is 2.09. The molecule has 1 aromatic rings.